The Bertz CT molecular complexity index is 851. The van der Waals surface area contributed by atoms with Gasteiger partial charge in [-0.25, -0.2) is 0 Å². The van der Waals surface area contributed by atoms with E-state index in [-0.39, 0.29) is 17.7 Å². The van der Waals surface area contributed by atoms with Crippen molar-refractivity contribution in [1.29, 1.82) is 0 Å². The molecule has 29 heavy (non-hydrogen) atoms. The van der Waals surface area contributed by atoms with Gasteiger partial charge in [0.15, 0.2) is 11.5 Å². The van der Waals surface area contributed by atoms with Crippen molar-refractivity contribution in [3.63, 3.8) is 0 Å². The van der Waals surface area contributed by atoms with Gasteiger partial charge in [0, 0.05) is 6.54 Å². The molecule has 1 atom stereocenters. The molecule has 2 N–H and O–H groups in total. The maximum absolute atomic E-state index is 12.7. The summed E-state index contributed by atoms with van der Waals surface area (Å²) in [4.78, 5) is 25.4. The summed E-state index contributed by atoms with van der Waals surface area (Å²) >= 11 is 0. The Labute approximate surface area is 171 Å². The van der Waals surface area contributed by atoms with Crippen LogP contribution in [0.1, 0.15) is 29.8 Å². The number of para-hydroxylation sites is 1. The van der Waals surface area contributed by atoms with Crippen LogP contribution in [-0.2, 0) is 11.3 Å². The largest absolute Gasteiger partial charge is 0.496 e. The fourth-order valence-corrected chi connectivity index (χ4v) is 2.88. The van der Waals surface area contributed by atoms with Gasteiger partial charge in [-0.05, 0) is 35.7 Å². The molecule has 0 saturated carbocycles. The summed E-state index contributed by atoms with van der Waals surface area (Å²) < 4.78 is 15.7. The van der Waals surface area contributed by atoms with Crippen molar-refractivity contribution in [3.8, 4) is 17.2 Å². The number of methoxy groups -OCH3 is 3. The van der Waals surface area contributed by atoms with Gasteiger partial charge >= 0.3 is 0 Å². The summed E-state index contributed by atoms with van der Waals surface area (Å²) in [5.41, 5.74) is 1.24. The quantitative estimate of drug-likeness (QED) is 0.676. The first kappa shape index (κ1) is 22.1. The molecule has 156 valence electrons. The summed E-state index contributed by atoms with van der Waals surface area (Å²) in [5, 5.41) is 5.68. The van der Waals surface area contributed by atoms with Crippen LogP contribution in [0.4, 0.5) is 0 Å². The smallest absolute Gasteiger partial charge is 0.255 e. The topological polar surface area (TPSA) is 85.9 Å². The van der Waals surface area contributed by atoms with Gasteiger partial charge in [0.25, 0.3) is 5.91 Å². The van der Waals surface area contributed by atoms with E-state index < -0.39 is 6.04 Å². The highest BCUT2D eigenvalue weighted by atomic mass is 16.5. The van der Waals surface area contributed by atoms with E-state index in [1.165, 1.54) is 7.11 Å². The van der Waals surface area contributed by atoms with Crippen molar-refractivity contribution in [2.24, 2.45) is 5.92 Å². The van der Waals surface area contributed by atoms with Crippen LogP contribution in [0.15, 0.2) is 42.5 Å². The van der Waals surface area contributed by atoms with Crippen LogP contribution < -0.4 is 24.8 Å². The predicted molar refractivity (Wildman–Crippen MR) is 110 cm³/mol. The zero-order chi connectivity index (χ0) is 21.4. The number of nitrogens with one attached hydrogen (secondary N) is 2. The Hall–Kier alpha value is -3.22. The maximum Gasteiger partial charge on any atom is 0.255 e. The third kappa shape index (κ3) is 5.63. The average molecular weight is 400 g/mol. The van der Waals surface area contributed by atoms with E-state index in [4.69, 9.17) is 14.2 Å². The van der Waals surface area contributed by atoms with Gasteiger partial charge in [0.1, 0.15) is 11.8 Å². The van der Waals surface area contributed by atoms with E-state index in [9.17, 15) is 9.59 Å². The molecule has 0 saturated heterocycles. The Balaban J connectivity index is 2.07. The van der Waals surface area contributed by atoms with Crippen LogP contribution in [0, 0.1) is 5.92 Å². The number of benzene rings is 2. The second-order valence-corrected chi connectivity index (χ2v) is 6.80. The lowest BCUT2D eigenvalue weighted by molar-refractivity contribution is -0.124. The molecular formula is C22H28N2O5. The van der Waals surface area contributed by atoms with Gasteiger partial charge in [-0.3, -0.25) is 9.59 Å². The van der Waals surface area contributed by atoms with E-state index in [2.05, 4.69) is 10.6 Å². The van der Waals surface area contributed by atoms with Gasteiger partial charge < -0.3 is 24.8 Å². The molecule has 0 heterocycles. The molecule has 1 unspecified atom stereocenters. The summed E-state index contributed by atoms with van der Waals surface area (Å²) in [6.07, 6.45) is 0. The molecule has 0 bridgehead atoms. The molecule has 0 spiro atoms. The van der Waals surface area contributed by atoms with Gasteiger partial charge in [-0.2, -0.15) is 0 Å². The number of carbonyl (C=O) groups excluding carboxylic acids is 2. The van der Waals surface area contributed by atoms with E-state index in [1.54, 1.807) is 50.6 Å². The minimum atomic E-state index is -0.687. The lowest BCUT2D eigenvalue weighted by Gasteiger charge is -2.22. The first-order chi connectivity index (χ1) is 13.9. The minimum absolute atomic E-state index is 0.0981. The van der Waals surface area contributed by atoms with E-state index in [0.717, 1.165) is 5.56 Å². The highest BCUT2D eigenvalue weighted by molar-refractivity contribution is 5.99. The lowest BCUT2D eigenvalue weighted by atomic mass is 10.0. The summed E-state index contributed by atoms with van der Waals surface area (Å²) in [5.74, 6) is 0.939. The monoisotopic (exact) mass is 400 g/mol. The molecule has 0 radical (unpaired) electrons. The summed E-state index contributed by atoms with van der Waals surface area (Å²) in [6, 6.07) is 11.6. The fraction of sp³-hybridized carbons (Fsp3) is 0.364. The van der Waals surface area contributed by atoms with Crippen molar-refractivity contribution in [1.82, 2.24) is 10.6 Å². The average Bonchev–Trinajstić information content (AvgIpc) is 2.74. The SMILES string of the molecule is COc1ccc(CNC(=O)C(NC(=O)c2ccccc2OC)C(C)C)cc1OC. The Morgan fingerprint density at radius 2 is 1.55 bits per heavy atom. The molecule has 0 aliphatic heterocycles. The normalized spacial score (nSPS) is 11.5. The molecule has 2 amide bonds. The Kier molecular flexibility index (Phi) is 7.88. The number of amides is 2. The summed E-state index contributed by atoms with van der Waals surface area (Å²) in [6.45, 7) is 4.05. The Morgan fingerprint density at radius 1 is 0.897 bits per heavy atom. The van der Waals surface area contributed by atoms with Gasteiger partial charge in [0.2, 0.25) is 5.91 Å². The van der Waals surface area contributed by atoms with Crippen molar-refractivity contribution in [2.75, 3.05) is 21.3 Å². The van der Waals surface area contributed by atoms with Crippen LogP contribution in [-0.4, -0.2) is 39.2 Å². The van der Waals surface area contributed by atoms with Gasteiger partial charge in [-0.1, -0.05) is 32.0 Å². The van der Waals surface area contributed by atoms with Crippen molar-refractivity contribution >= 4 is 11.8 Å². The van der Waals surface area contributed by atoms with Gasteiger partial charge in [0.05, 0.1) is 26.9 Å². The lowest BCUT2D eigenvalue weighted by Crippen LogP contribution is -2.49. The first-order valence-corrected chi connectivity index (χ1v) is 9.33. The number of ether oxygens (including phenoxy) is 3. The molecule has 2 aromatic rings. The zero-order valence-electron chi connectivity index (χ0n) is 17.4. The maximum atomic E-state index is 12.7. The predicted octanol–water partition coefficient (Wildman–Crippen LogP) is 2.78. The highest BCUT2D eigenvalue weighted by Gasteiger charge is 2.25. The fourth-order valence-electron chi connectivity index (χ4n) is 2.88. The van der Waals surface area contributed by atoms with Crippen LogP contribution >= 0.6 is 0 Å². The Morgan fingerprint density at radius 3 is 2.17 bits per heavy atom. The molecule has 2 aromatic carbocycles. The third-order valence-electron chi connectivity index (χ3n) is 4.50. The van der Waals surface area contributed by atoms with E-state index in [0.29, 0.717) is 29.4 Å². The third-order valence-corrected chi connectivity index (χ3v) is 4.50. The van der Waals surface area contributed by atoms with E-state index in [1.807, 2.05) is 19.9 Å². The number of carbonyl (C=O) groups is 2. The molecular weight excluding hydrogens is 372 g/mol. The van der Waals surface area contributed by atoms with Crippen LogP contribution in [0.25, 0.3) is 0 Å². The second kappa shape index (κ2) is 10.4. The minimum Gasteiger partial charge on any atom is -0.496 e. The number of hydrogen-bond acceptors (Lipinski definition) is 5. The standard InChI is InChI=1S/C22H28N2O5/c1-14(2)20(24-21(25)16-8-6-7-9-17(16)27-3)22(26)23-13-15-10-11-18(28-4)19(12-15)29-5/h6-12,14,20H,13H2,1-5H3,(H,23,26)(H,24,25). The summed E-state index contributed by atoms with van der Waals surface area (Å²) in [7, 11) is 4.63. The van der Waals surface area contributed by atoms with Crippen LogP contribution in [0.5, 0.6) is 17.2 Å². The highest BCUT2D eigenvalue weighted by Crippen LogP contribution is 2.27. The van der Waals surface area contributed by atoms with Crippen molar-refractivity contribution in [3.05, 3.63) is 53.6 Å². The molecule has 0 aromatic heterocycles. The van der Waals surface area contributed by atoms with E-state index >= 15 is 0 Å². The molecule has 2 rings (SSSR count). The molecule has 7 nitrogen and oxygen atoms in total. The van der Waals surface area contributed by atoms with Gasteiger partial charge in [-0.15, -0.1) is 0 Å². The molecule has 7 heteroatoms. The zero-order valence-corrected chi connectivity index (χ0v) is 17.4. The molecule has 0 aliphatic rings. The van der Waals surface area contributed by atoms with Crippen LogP contribution in [0.2, 0.25) is 0 Å². The van der Waals surface area contributed by atoms with Crippen molar-refractivity contribution in [2.45, 2.75) is 26.4 Å². The number of rotatable bonds is 9. The van der Waals surface area contributed by atoms with Crippen LogP contribution in [0.3, 0.4) is 0 Å². The molecule has 0 aliphatic carbocycles. The second-order valence-electron chi connectivity index (χ2n) is 6.80. The first-order valence-electron chi connectivity index (χ1n) is 9.33. The molecule has 0 fully saturated rings. The van der Waals surface area contributed by atoms with Crippen molar-refractivity contribution < 1.29 is 23.8 Å². The number of hydrogen-bond donors (Lipinski definition) is 2.